The molecule has 0 saturated heterocycles. The maximum Gasteiger partial charge on any atom is 0.0584 e. The van der Waals surface area contributed by atoms with Gasteiger partial charge in [-0.15, -0.1) is 0 Å². The molecule has 0 rings (SSSR count). The molecule has 0 aliphatic carbocycles. The molecule has 0 saturated carbocycles. The molecule has 2 heteroatoms. The van der Waals surface area contributed by atoms with Crippen LogP contribution in [0.3, 0.4) is 0 Å². The van der Waals surface area contributed by atoms with E-state index in [0.717, 1.165) is 19.0 Å². The second-order valence-electron chi connectivity index (χ2n) is 4.01. The quantitative estimate of drug-likeness (QED) is 0.660. The van der Waals surface area contributed by atoms with Crippen LogP contribution in [-0.4, -0.2) is 35.7 Å². The molecular formula is C11H25NO. The van der Waals surface area contributed by atoms with E-state index in [0.29, 0.717) is 6.04 Å². The molecule has 0 radical (unpaired) electrons. The van der Waals surface area contributed by atoms with E-state index in [9.17, 15) is 0 Å². The second kappa shape index (κ2) is 7.34. The van der Waals surface area contributed by atoms with Gasteiger partial charge < -0.3 is 5.11 Å². The van der Waals surface area contributed by atoms with Crippen molar-refractivity contribution in [3.05, 3.63) is 0 Å². The Balaban J connectivity index is 3.82. The van der Waals surface area contributed by atoms with Gasteiger partial charge >= 0.3 is 0 Å². The molecule has 13 heavy (non-hydrogen) atoms. The van der Waals surface area contributed by atoms with E-state index in [1.807, 2.05) is 0 Å². The summed E-state index contributed by atoms with van der Waals surface area (Å²) >= 11 is 0. The Morgan fingerprint density at radius 1 is 1.23 bits per heavy atom. The highest BCUT2D eigenvalue weighted by molar-refractivity contribution is 4.67. The molecule has 80 valence electrons. The number of aliphatic hydroxyl groups is 1. The fourth-order valence-corrected chi connectivity index (χ4v) is 1.72. The molecule has 0 aromatic heterocycles. The zero-order valence-corrected chi connectivity index (χ0v) is 9.58. The first-order valence-corrected chi connectivity index (χ1v) is 5.50. The number of rotatable bonds is 7. The van der Waals surface area contributed by atoms with Crippen molar-refractivity contribution in [3.63, 3.8) is 0 Å². The summed E-state index contributed by atoms with van der Waals surface area (Å²) in [4.78, 5) is 2.35. The minimum absolute atomic E-state index is 0.271. The molecule has 1 N–H and O–H groups in total. The summed E-state index contributed by atoms with van der Waals surface area (Å²) in [5, 5.41) is 9.04. The van der Waals surface area contributed by atoms with Gasteiger partial charge in [-0.05, 0) is 25.8 Å². The van der Waals surface area contributed by atoms with Crippen molar-refractivity contribution in [2.24, 2.45) is 5.92 Å². The van der Waals surface area contributed by atoms with Gasteiger partial charge in [-0.3, -0.25) is 4.90 Å². The van der Waals surface area contributed by atoms with Gasteiger partial charge in [0.05, 0.1) is 6.61 Å². The van der Waals surface area contributed by atoms with Crippen LogP contribution in [-0.2, 0) is 0 Å². The van der Waals surface area contributed by atoms with Crippen LogP contribution in [0.2, 0.25) is 0 Å². The normalized spacial score (nSPS) is 16.2. The predicted molar refractivity (Wildman–Crippen MR) is 57.9 cm³/mol. The van der Waals surface area contributed by atoms with Crippen LogP contribution < -0.4 is 0 Å². The molecule has 0 aromatic rings. The van der Waals surface area contributed by atoms with Crippen molar-refractivity contribution in [3.8, 4) is 0 Å². The molecule has 2 atom stereocenters. The van der Waals surface area contributed by atoms with E-state index in [4.69, 9.17) is 5.11 Å². The average molecular weight is 187 g/mol. The van der Waals surface area contributed by atoms with Gasteiger partial charge in [0.15, 0.2) is 0 Å². The van der Waals surface area contributed by atoms with E-state index in [1.165, 1.54) is 12.8 Å². The Morgan fingerprint density at radius 3 is 2.23 bits per heavy atom. The molecule has 0 aromatic carbocycles. The Labute approximate surface area is 82.9 Å². The summed E-state index contributed by atoms with van der Waals surface area (Å²) in [6, 6.07) is 0.310. The molecule has 0 fully saturated rings. The van der Waals surface area contributed by atoms with E-state index in [1.54, 1.807) is 0 Å². The van der Waals surface area contributed by atoms with Crippen LogP contribution in [0.1, 0.15) is 40.5 Å². The standard InChI is InChI=1S/C11H25NO/c1-5-7-10(3)8-12(6-2)11(4)9-13/h10-11,13H,5-9H2,1-4H3. The van der Waals surface area contributed by atoms with Gasteiger partial charge in [0.2, 0.25) is 0 Å². The van der Waals surface area contributed by atoms with Crippen LogP contribution in [0.25, 0.3) is 0 Å². The summed E-state index contributed by atoms with van der Waals surface area (Å²) in [5.74, 6) is 0.749. The largest absolute Gasteiger partial charge is 0.395 e. The fourth-order valence-electron chi connectivity index (χ4n) is 1.72. The van der Waals surface area contributed by atoms with Gasteiger partial charge in [0, 0.05) is 12.6 Å². The maximum absolute atomic E-state index is 9.04. The molecule has 0 spiro atoms. The number of nitrogens with zero attached hydrogens (tertiary/aromatic N) is 1. The first-order valence-electron chi connectivity index (χ1n) is 5.50. The summed E-state index contributed by atoms with van der Waals surface area (Å²) in [5.41, 5.74) is 0. The minimum atomic E-state index is 0.271. The van der Waals surface area contributed by atoms with E-state index < -0.39 is 0 Å². The lowest BCUT2D eigenvalue weighted by molar-refractivity contribution is 0.123. The Kier molecular flexibility index (Phi) is 7.29. The molecule has 0 aliphatic rings. The summed E-state index contributed by atoms with van der Waals surface area (Å²) in [6.45, 7) is 11.2. The summed E-state index contributed by atoms with van der Waals surface area (Å²) < 4.78 is 0. The smallest absolute Gasteiger partial charge is 0.0584 e. The van der Waals surface area contributed by atoms with Crippen molar-refractivity contribution in [1.82, 2.24) is 4.90 Å². The van der Waals surface area contributed by atoms with Gasteiger partial charge in [-0.1, -0.05) is 27.2 Å². The number of aliphatic hydroxyl groups excluding tert-OH is 1. The summed E-state index contributed by atoms with van der Waals surface area (Å²) in [6.07, 6.45) is 2.54. The number of likely N-dealkylation sites (N-methyl/N-ethyl adjacent to an activating group) is 1. The zero-order chi connectivity index (χ0) is 10.3. The number of hydrogen-bond donors (Lipinski definition) is 1. The van der Waals surface area contributed by atoms with Gasteiger partial charge in [-0.25, -0.2) is 0 Å². The SMILES string of the molecule is CCCC(C)CN(CC)C(C)CO. The van der Waals surface area contributed by atoms with Crippen molar-refractivity contribution in [2.75, 3.05) is 19.7 Å². The van der Waals surface area contributed by atoms with E-state index in [2.05, 4.69) is 32.6 Å². The van der Waals surface area contributed by atoms with Crippen LogP contribution in [0.15, 0.2) is 0 Å². The molecule has 2 nitrogen and oxygen atoms in total. The van der Waals surface area contributed by atoms with E-state index >= 15 is 0 Å². The minimum Gasteiger partial charge on any atom is -0.395 e. The lowest BCUT2D eigenvalue weighted by Crippen LogP contribution is -2.38. The molecule has 0 aliphatic heterocycles. The average Bonchev–Trinajstić information content (AvgIpc) is 2.13. The van der Waals surface area contributed by atoms with Crippen LogP contribution in [0.4, 0.5) is 0 Å². The fraction of sp³-hybridized carbons (Fsp3) is 1.00. The lowest BCUT2D eigenvalue weighted by Gasteiger charge is -2.29. The third-order valence-electron chi connectivity index (χ3n) is 2.62. The first kappa shape index (κ1) is 12.9. The van der Waals surface area contributed by atoms with Crippen molar-refractivity contribution < 1.29 is 5.11 Å². The van der Waals surface area contributed by atoms with Crippen molar-refractivity contribution in [2.45, 2.75) is 46.6 Å². The topological polar surface area (TPSA) is 23.5 Å². The third-order valence-corrected chi connectivity index (χ3v) is 2.62. The van der Waals surface area contributed by atoms with Crippen molar-refractivity contribution >= 4 is 0 Å². The molecule has 0 amide bonds. The highest BCUT2D eigenvalue weighted by atomic mass is 16.3. The molecular weight excluding hydrogens is 162 g/mol. The van der Waals surface area contributed by atoms with Gasteiger partial charge in [-0.2, -0.15) is 0 Å². The van der Waals surface area contributed by atoms with Gasteiger partial charge in [0.1, 0.15) is 0 Å². The Morgan fingerprint density at radius 2 is 1.85 bits per heavy atom. The van der Waals surface area contributed by atoms with E-state index in [-0.39, 0.29) is 6.61 Å². The molecule has 0 bridgehead atoms. The zero-order valence-electron chi connectivity index (χ0n) is 9.58. The Hall–Kier alpha value is -0.0800. The van der Waals surface area contributed by atoms with Crippen molar-refractivity contribution in [1.29, 1.82) is 0 Å². The molecule has 2 unspecified atom stereocenters. The predicted octanol–water partition coefficient (Wildman–Crippen LogP) is 2.13. The number of hydrogen-bond acceptors (Lipinski definition) is 2. The Bertz CT molecular complexity index is 117. The highest BCUT2D eigenvalue weighted by Crippen LogP contribution is 2.09. The van der Waals surface area contributed by atoms with Gasteiger partial charge in [0.25, 0.3) is 0 Å². The van der Waals surface area contributed by atoms with Crippen LogP contribution in [0, 0.1) is 5.92 Å². The maximum atomic E-state index is 9.04. The molecule has 0 heterocycles. The first-order chi connectivity index (χ1) is 6.15. The third kappa shape index (κ3) is 5.27. The monoisotopic (exact) mass is 187 g/mol. The lowest BCUT2D eigenvalue weighted by atomic mass is 10.0. The summed E-state index contributed by atoms with van der Waals surface area (Å²) in [7, 11) is 0. The highest BCUT2D eigenvalue weighted by Gasteiger charge is 2.13. The second-order valence-corrected chi connectivity index (χ2v) is 4.01. The van der Waals surface area contributed by atoms with Crippen LogP contribution >= 0.6 is 0 Å². The van der Waals surface area contributed by atoms with Crippen LogP contribution in [0.5, 0.6) is 0 Å².